The van der Waals surface area contributed by atoms with E-state index in [0.29, 0.717) is 5.56 Å². The molecule has 0 aromatic heterocycles. The molecule has 0 heterocycles. The minimum absolute atomic E-state index is 0.0234. The van der Waals surface area contributed by atoms with Gasteiger partial charge in [0.05, 0.1) is 0 Å². The average molecular weight is 264 g/mol. The molecule has 0 saturated carbocycles. The average Bonchev–Trinajstić information content (AvgIpc) is 2.37. The van der Waals surface area contributed by atoms with Crippen molar-refractivity contribution in [2.45, 2.75) is 38.8 Å². The maximum Gasteiger partial charge on any atom is 0.330 e. The molecule has 1 aromatic rings. The molecule has 0 aliphatic carbocycles. The van der Waals surface area contributed by atoms with Gasteiger partial charge in [-0.05, 0) is 18.9 Å². The highest BCUT2D eigenvalue weighted by Gasteiger charge is 2.22. The molecule has 2 atom stereocenters. The Bertz CT molecular complexity index is 420. The van der Waals surface area contributed by atoms with Crippen molar-refractivity contribution in [2.75, 3.05) is 0 Å². The van der Waals surface area contributed by atoms with Crippen molar-refractivity contribution in [3.05, 3.63) is 35.9 Å². The highest BCUT2D eigenvalue weighted by atomic mass is 16.4. The van der Waals surface area contributed by atoms with Crippen molar-refractivity contribution >= 4 is 12.0 Å². The summed E-state index contributed by atoms with van der Waals surface area (Å²) in [5, 5.41) is 14.4. The zero-order valence-electron chi connectivity index (χ0n) is 11.2. The topological polar surface area (TPSA) is 78.4 Å². The normalized spacial score (nSPS) is 13.4. The Balaban J connectivity index is 2.65. The molecule has 0 radical (unpaired) electrons. The first-order valence-electron chi connectivity index (χ1n) is 6.39. The van der Waals surface area contributed by atoms with Crippen LogP contribution in [-0.4, -0.2) is 23.1 Å². The van der Waals surface area contributed by atoms with Gasteiger partial charge in [-0.1, -0.05) is 43.7 Å². The number of hydrogen-bond acceptors (Lipinski definition) is 2. The summed E-state index contributed by atoms with van der Waals surface area (Å²) < 4.78 is 0. The van der Waals surface area contributed by atoms with Crippen LogP contribution in [0.3, 0.4) is 0 Å². The molecule has 0 spiro atoms. The van der Waals surface area contributed by atoms with Gasteiger partial charge in [-0.3, -0.25) is 0 Å². The van der Waals surface area contributed by atoms with Crippen molar-refractivity contribution in [1.82, 2.24) is 10.6 Å². The predicted molar refractivity (Wildman–Crippen MR) is 72.9 cm³/mol. The van der Waals surface area contributed by atoms with Gasteiger partial charge in [0.2, 0.25) is 0 Å². The summed E-state index contributed by atoms with van der Waals surface area (Å²) in [6.07, 6.45) is 1.82. The zero-order valence-corrected chi connectivity index (χ0v) is 11.2. The van der Waals surface area contributed by atoms with Gasteiger partial charge in [-0.15, -0.1) is 0 Å². The molecule has 1 rings (SSSR count). The number of aliphatic carboxylic acids is 1. The molecule has 5 nitrogen and oxygen atoms in total. The Kier molecular flexibility index (Phi) is 5.85. The molecule has 2 amide bonds. The van der Waals surface area contributed by atoms with E-state index in [-0.39, 0.29) is 6.04 Å². The van der Waals surface area contributed by atoms with Gasteiger partial charge in [0.15, 0.2) is 6.04 Å². The monoisotopic (exact) mass is 264 g/mol. The number of carboxylic acids is 1. The second kappa shape index (κ2) is 7.41. The molecule has 0 aliphatic heterocycles. The quantitative estimate of drug-likeness (QED) is 0.737. The number of urea groups is 1. The van der Waals surface area contributed by atoms with Gasteiger partial charge < -0.3 is 15.7 Å². The SMILES string of the molecule is CCCC(C)NC(=O)N[C@H](C(=O)O)c1ccccc1. The first-order chi connectivity index (χ1) is 9.04. The van der Waals surface area contributed by atoms with E-state index >= 15 is 0 Å². The van der Waals surface area contributed by atoms with Crippen LogP contribution in [0.2, 0.25) is 0 Å². The number of nitrogens with one attached hydrogen (secondary N) is 2. The maximum absolute atomic E-state index is 11.7. The van der Waals surface area contributed by atoms with Crippen LogP contribution in [0.15, 0.2) is 30.3 Å². The first-order valence-corrected chi connectivity index (χ1v) is 6.39. The van der Waals surface area contributed by atoms with Gasteiger partial charge in [0, 0.05) is 6.04 Å². The van der Waals surface area contributed by atoms with E-state index in [4.69, 9.17) is 0 Å². The maximum atomic E-state index is 11.7. The Morgan fingerprint density at radius 2 is 1.84 bits per heavy atom. The summed E-state index contributed by atoms with van der Waals surface area (Å²) in [4.78, 5) is 22.9. The van der Waals surface area contributed by atoms with E-state index in [2.05, 4.69) is 10.6 Å². The fourth-order valence-electron chi connectivity index (χ4n) is 1.83. The van der Waals surface area contributed by atoms with E-state index in [0.717, 1.165) is 12.8 Å². The third kappa shape index (κ3) is 4.99. The Labute approximate surface area is 113 Å². The van der Waals surface area contributed by atoms with Gasteiger partial charge in [0.1, 0.15) is 0 Å². The number of hydrogen-bond donors (Lipinski definition) is 3. The van der Waals surface area contributed by atoms with Crippen LogP contribution in [0.25, 0.3) is 0 Å². The van der Waals surface area contributed by atoms with Crippen LogP contribution in [0.1, 0.15) is 38.3 Å². The van der Waals surface area contributed by atoms with Crippen molar-refractivity contribution in [3.63, 3.8) is 0 Å². The van der Waals surface area contributed by atoms with Crippen molar-refractivity contribution in [2.24, 2.45) is 0 Å². The number of carbonyl (C=O) groups excluding carboxylic acids is 1. The fraction of sp³-hybridized carbons (Fsp3) is 0.429. The van der Waals surface area contributed by atoms with Crippen molar-refractivity contribution in [1.29, 1.82) is 0 Å². The van der Waals surface area contributed by atoms with Crippen molar-refractivity contribution < 1.29 is 14.7 Å². The van der Waals surface area contributed by atoms with Gasteiger partial charge >= 0.3 is 12.0 Å². The molecule has 0 aliphatic rings. The highest BCUT2D eigenvalue weighted by Crippen LogP contribution is 2.12. The van der Waals surface area contributed by atoms with Crippen LogP contribution < -0.4 is 10.6 Å². The Morgan fingerprint density at radius 3 is 2.37 bits per heavy atom. The third-order valence-electron chi connectivity index (χ3n) is 2.75. The van der Waals surface area contributed by atoms with Crippen molar-refractivity contribution in [3.8, 4) is 0 Å². The molecule has 1 unspecified atom stereocenters. The molecule has 0 bridgehead atoms. The number of carbonyl (C=O) groups is 2. The lowest BCUT2D eigenvalue weighted by Crippen LogP contribution is -2.44. The summed E-state index contributed by atoms with van der Waals surface area (Å²) in [5.41, 5.74) is 0.549. The summed E-state index contributed by atoms with van der Waals surface area (Å²) in [5.74, 6) is -1.08. The molecule has 1 aromatic carbocycles. The molecule has 3 N–H and O–H groups in total. The summed E-state index contributed by atoms with van der Waals surface area (Å²) in [6, 6.07) is 7.16. The summed E-state index contributed by atoms with van der Waals surface area (Å²) >= 11 is 0. The highest BCUT2D eigenvalue weighted by molar-refractivity contribution is 5.83. The van der Waals surface area contributed by atoms with Crippen LogP contribution in [0.4, 0.5) is 4.79 Å². The van der Waals surface area contributed by atoms with Gasteiger partial charge in [-0.25, -0.2) is 9.59 Å². The largest absolute Gasteiger partial charge is 0.479 e. The molecule has 104 valence electrons. The van der Waals surface area contributed by atoms with E-state index in [9.17, 15) is 14.7 Å². The first kappa shape index (κ1) is 15.0. The lowest BCUT2D eigenvalue weighted by molar-refractivity contribution is -0.139. The second-order valence-corrected chi connectivity index (χ2v) is 4.49. The summed E-state index contributed by atoms with van der Waals surface area (Å²) in [7, 11) is 0. The predicted octanol–water partition coefficient (Wildman–Crippen LogP) is 2.30. The minimum Gasteiger partial charge on any atom is -0.479 e. The van der Waals surface area contributed by atoms with Gasteiger partial charge in [-0.2, -0.15) is 0 Å². The van der Waals surface area contributed by atoms with E-state index in [1.54, 1.807) is 30.3 Å². The van der Waals surface area contributed by atoms with Gasteiger partial charge in [0.25, 0.3) is 0 Å². The fourth-order valence-corrected chi connectivity index (χ4v) is 1.83. The molecular formula is C14H20N2O3. The van der Waals surface area contributed by atoms with Crippen LogP contribution >= 0.6 is 0 Å². The lowest BCUT2D eigenvalue weighted by atomic mass is 10.1. The smallest absolute Gasteiger partial charge is 0.330 e. The number of rotatable bonds is 6. The van der Waals surface area contributed by atoms with E-state index < -0.39 is 18.0 Å². The third-order valence-corrected chi connectivity index (χ3v) is 2.75. The van der Waals surface area contributed by atoms with Crippen LogP contribution in [0.5, 0.6) is 0 Å². The zero-order chi connectivity index (χ0) is 14.3. The minimum atomic E-state index is -1.08. The Morgan fingerprint density at radius 1 is 1.21 bits per heavy atom. The lowest BCUT2D eigenvalue weighted by Gasteiger charge is -2.18. The molecule has 0 fully saturated rings. The number of carboxylic acid groups (broad SMARTS) is 1. The molecule has 0 saturated heterocycles. The second-order valence-electron chi connectivity index (χ2n) is 4.49. The van der Waals surface area contributed by atoms with E-state index in [1.807, 2.05) is 13.8 Å². The molecular weight excluding hydrogens is 244 g/mol. The molecule has 5 heteroatoms. The van der Waals surface area contributed by atoms with Crippen LogP contribution in [-0.2, 0) is 4.79 Å². The standard InChI is InChI=1S/C14H20N2O3/c1-3-7-10(2)15-14(19)16-12(13(17)18)11-8-5-4-6-9-11/h4-6,8-10,12H,3,7H2,1-2H3,(H,17,18)(H2,15,16,19)/t10?,12-/m0/s1. The summed E-state index contributed by atoms with van der Waals surface area (Å²) in [6.45, 7) is 3.92. The number of amides is 2. The van der Waals surface area contributed by atoms with Crippen LogP contribution in [0, 0.1) is 0 Å². The number of benzene rings is 1. The Hall–Kier alpha value is -2.04. The van der Waals surface area contributed by atoms with E-state index in [1.165, 1.54) is 0 Å². The molecule has 19 heavy (non-hydrogen) atoms.